The Morgan fingerprint density at radius 3 is 2.15 bits per heavy atom. The second kappa shape index (κ2) is 8.20. The van der Waals surface area contributed by atoms with Crippen molar-refractivity contribution < 1.29 is 0 Å². The second-order valence-corrected chi connectivity index (χ2v) is 8.96. The molecule has 0 bridgehead atoms. The molecular weight excluding hydrogens is 308 g/mol. The molecule has 0 aromatic carbocycles. The highest BCUT2D eigenvalue weighted by atomic mass is 79.9. The van der Waals surface area contributed by atoms with Crippen molar-refractivity contribution in [2.75, 3.05) is 5.33 Å². The first-order chi connectivity index (χ1) is 9.37. The van der Waals surface area contributed by atoms with Gasteiger partial charge in [0.25, 0.3) is 0 Å². The number of unbranched alkanes of at least 4 members (excludes halogenated alkanes) is 1. The molecule has 0 saturated heterocycles. The molecule has 0 aromatic heterocycles. The first-order valence-corrected chi connectivity index (χ1v) is 10.0. The lowest BCUT2D eigenvalue weighted by Crippen LogP contribution is -2.35. The Kier molecular flexibility index (Phi) is 7.60. The minimum absolute atomic E-state index is 0.505. The van der Waals surface area contributed by atoms with E-state index in [1.165, 1.54) is 63.1 Å². The second-order valence-electron chi connectivity index (χ2n) is 8.39. The Morgan fingerprint density at radius 2 is 1.75 bits per heavy atom. The number of halogens is 1. The molecule has 0 aromatic rings. The summed E-state index contributed by atoms with van der Waals surface area (Å²) >= 11 is 3.86. The average molecular weight is 345 g/mol. The summed E-state index contributed by atoms with van der Waals surface area (Å²) in [6.45, 7) is 12.0. The summed E-state index contributed by atoms with van der Waals surface area (Å²) in [5.74, 6) is 1.89. The largest absolute Gasteiger partial charge is 0.0922 e. The van der Waals surface area contributed by atoms with Gasteiger partial charge in [0.05, 0.1) is 0 Å². The molecule has 1 fully saturated rings. The minimum Gasteiger partial charge on any atom is -0.0922 e. The Balaban J connectivity index is 2.57. The van der Waals surface area contributed by atoms with Crippen LogP contribution in [-0.4, -0.2) is 5.33 Å². The summed E-state index contributed by atoms with van der Waals surface area (Å²) in [5.41, 5.74) is 1.11. The molecule has 1 aliphatic carbocycles. The molecule has 0 nitrogen and oxygen atoms in total. The number of alkyl halides is 1. The fourth-order valence-corrected chi connectivity index (χ4v) is 4.83. The molecule has 1 saturated carbocycles. The fraction of sp³-hybridized carbons (Fsp3) is 1.00. The summed E-state index contributed by atoms with van der Waals surface area (Å²) in [6, 6.07) is 0. The van der Waals surface area contributed by atoms with Crippen molar-refractivity contribution in [3.05, 3.63) is 0 Å². The van der Waals surface area contributed by atoms with Crippen LogP contribution in [-0.2, 0) is 0 Å². The highest BCUT2D eigenvalue weighted by molar-refractivity contribution is 9.09. The third kappa shape index (κ3) is 5.35. The van der Waals surface area contributed by atoms with Gasteiger partial charge in [-0.25, -0.2) is 0 Å². The van der Waals surface area contributed by atoms with Gasteiger partial charge in [-0.1, -0.05) is 76.2 Å². The van der Waals surface area contributed by atoms with E-state index in [2.05, 4.69) is 50.5 Å². The highest BCUT2D eigenvalue weighted by Crippen LogP contribution is 2.49. The van der Waals surface area contributed by atoms with Crippen LogP contribution >= 0.6 is 15.9 Å². The van der Waals surface area contributed by atoms with E-state index in [-0.39, 0.29) is 0 Å². The van der Waals surface area contributed by atoms with Crippen molar-refractivity contribution in [3.8, 4) is 0 Å². The summed E-state index contributed by atoms with van der Waals surface area (Å²) in [7, 11) is 0. The molecule has 1 heteroatoms. The van der Waals surface area contributed by atoms with Crippen molar-refractivity contribution >= 4 is 15.9 Å². The number of rotatable bonds is 7. The molecule has 0 heterocycles. The maximum Gasteiger partial charge on any atom is 0.00880 e. The van der Waals surface area contributed by atoms with Gasteiger partial charge in [0.15, 0.2) is 0 Å². The molecule has 0 N–H and O–H groups in total. The zero-order valence-corrected chi connectivity index (χ0v) is 16.2. The maximum absolute atomic E-state index is 3.86. The highest BCUT2D eigenvalue weighted by Gasteiger charge is 2.38. The van der Waals surface area contributed by atoms with E-state index in [4.69, 9.17) is 0 Å². The van der Waals surface area contributed by atoms with Crippen LogP contribution < -0.4 is 0 Å². The lowest BCUT2D eigenvalue weighted by atomic mass is 9.62. The van der Waals surface area contributed by atoms with Gasteiger partial charge in [0.1, 0.15) is 0 Å². The van der Waals surface area contributed by atoms with Crippen LogP contribution in [0, 0.1) is 22.7 Å². The van der Waals surface area contributed by atoms with Gasteiger partial charge in [0.2, 0.25) is 0 Å². The topological polar surface area (TPSA) is 0 Å². The van der Waals surface area contributed by atoms with Crippen molar-refractivity contribution in [1.82, 2.24) is 0 Å². The Morgan fingerprint density at radius 1 is 1.15 bits per heavy atom. The third-order valence-electron chi connectivity index (χ3n) is 5.82. The van der Waals surface area contributed by atoms with Crippen LogP contribution in [0.15, 0.2) is 0 Å². The van der Waals surface area contributed by atoms with Crippen LogP contribution in [0.25, 0.3) is 0 Å². The van der Waals surface area contributed by atoms with Crippen LogP contribution in [0.1, 0.15) is 92.4 Å². The van der Waals surface area contributed by atoms with E-state index in [1.54, 1.807) is 0 Å². The van der Waals surface area contributed by atoms with Crippen LogP contribution in [0.4, 0.5) is 0 Å². The molecule has 20 heavy (non-hydrogen) atoms. The standard InChI is InChI=1S/C19H37Br/c1-6-8-9-16(7-2)14-19(15-20)12-10-17(11-13-19)18(3,4)5/h16-17H,6-15H2,1-5H3. The molecule has 0 spiro atoms. The Hall–Kier alpha value is 0.480. The maximum atomic E-state index is 3.86. The monoisotopic (exact) mass is 344 g/mol. The number of hydrogen-bond acceptors (Lipinski definition) is 0. The van der Waals surface area contributed by atoms with Gasteiger partial charge >= 0.3 is 0 Å². The van der Waals surface area contributed by atoms with Gasteiger partial charge in [-0.3, -0.25) is 0 Å². The molecular formula is C19H37Br. The summed E-state index contributed by atoms with van der Waals surface area (Å²) < 4.78 is 0. The number of hydrogen-bond donors (Lipinski definition) is 0. The van der Waals surface area contributed by atoms with Crippen LogP contribution in [0.5, 0.6) is 0 Å². The quantitative estimate of drug-likeness (QED) is 0.428. The van der Waals surface area contributed by atoms with Gasteiger partial charge in [0, 0.05) is 5.33 Å². The zero-order chi connectivity index (χ0) is 15.2. The smallest absolute Gasteiger partial charge is 0.00880 e. The summed E-state index contributed by atoms with van der Waals surface area (Å²) in [5, 5.41) is 1.22. The normalized spacial score (nSPS) is 29.4. The lowest BCUT2D eigenvalue weighted by Gasteiger charge is -2.45. The summed E-state index contributed by atoms with van der Waals surface area (Å²) in [6.07, 6.45) is 12.8. The minimum atomic E-state index is 0.505. The van der Waals surface area contributed by atoms with E-state index in [0.29, 0.717) is 10.8 Å². The van der Waals surface area contributed by atoms with Gasteiger partial charge in [-0.2, -0.15) is 0 Å². The fourth-order valence-electron chi connectivity index (χ4n) is 4.04. The van der Waals surface area contributed by atoms with E-state index >= 15 is 0 Å². The van der Waals surface area contributed by atoms with Gasteiger partial charge in [-0.15, -0.1) is 0 Å². The van der Waals surface area contributed by atoms with E-state index < -0.39 is 0 Å². The third-order valence-corrected chi connectivity index (χ3v) is 7.01. The SMILES string of the molecule is CCCCC(CC)CC1(CBr)CCC(C(C)(C)C)CC1. The average Bonchev–Trinajstić information content (AvgIpc) is 2.43. The van der Waals surface area contributed by atoms with Crippen LogP contribution in [0.2, 0.25) is 0 Å². The molecule has 1 aliphatic rings. The first-order valence-electron chi connectivity index (χ1n) is 8.93. The van der Waals surface area contributed by atoms with E-state index in [0.717, 1.165) is 11.8 Å². The van der Waals surface area contributed by atoms with Crippen LogP contribution in [0.3, 0.4) is 0 Å². The van der Waals surface area contributed by atoms with Gasteiger partial charge in [-0.05, 0) is 54.8 Å². The predicted molar refractivity (Wildman–Crippen MR) is 95.6 cm³/mol. The Labute approximate surface area is 136 Å². The molecule has 0 radical (unpaired) electrons. The first kappa shape index (κ1) is 18.5. The lowest BCUT2D eigenvalue weighted by molar-refractivity contribution is 0.0822. The van der Waals surface area contributed by atoms with Crippen molar-refractivity contribution in [3.63, 3.8) is 0 Å². The molecule has 1 atom stereocenters. The molecule has 1 unspecified atom stereocenters. The van der Waals surface area contributed by atoms with Crippen molar-refractivity contribution in [2.45, 2.75) is 92.4 Å². The van der Waals surface area contributed by atoms with Crippen molar-refractivity contribution in [1.29, 1.82) is 0 Å². The molecule has 120 valence electrons. The molecule has 0 amide bonds. The van der Waals surface area contributed by atoms with Crippen molar-refractivity contribution in [2.24, 2.45) is 22.7 Å². The van der Waals surface area contributed by atoms with Gasteiger partial charge < -0.3 is 0 Å². The van der Waals surface area contributed by atoms with E-state index in [1.807, 2.05) is 0 Å². The zero-order valence-electron chi connectivity index (χ0n) is 14.6. The summed E-state index contributed by atoms with van der Waals surface area (Å²) in [4.78, 5) is 0. The predicted octanol–water partition coefficient (Wildman–Crippen LogP) is 7.21. The molecule has 0 aliphatic heterocycles. The van der Waals surface area contributed by atoms with E-state index in [9.17, 15) is 0 Å². The Bertz CT molecular complexity index is 255. The molecule has 1 rings (SSSR count).